The van der Waals surface area contributed by atoms with Gasteiger partial charge in [0.25, 0.3) is 0 Å². The zero-order chi connectivity index (χ0) is 26.5. The van der Waals surface area contributed by atoms with Crippen LogP contribution in [0.2, 0.25) is 0 Å². The van der Waals surface area contributed by atoms with E-state index < -0.39 is 46.8 Å². The summed E-state index contributed by atoms with van der Waals surface area (Å²) in [7, 11) is 0. The van der Waals surface area contributed by atoms with E-state index in [0.29, 0.717) is 5.56 Å². The Labute approximate surface area is 201 Å². The molecule has 1 atom stereocenters. The zero-order valence-corrected chi connectivity index (χ0v) is 21.4. The number of hydroxylamine groups is 2. The molecular formula is C24H37N3O7. The van der Waals surface area contributed by atoms with Crippen LogP contribution in [0.4, 0.5) is 9.59 Å². The van der Waals surface area contributed by atoms with E-state index in [-0.39, 0.29) is 17.0 Å². The fourth-order valence-corrected chi connectivity index (χ4v) is 2.57. The van der Waals surface area contributed by atoms with Crippen molar-refractivity contribution in [3.05, 3.63) is 35.4 Å². The van der Waals surface area contributed by atoms with E-state index in [9.17, 15) is 19.6 Å². The Balaban J connectivity index is 2.99. The molecule has 10 heteroatoms. The van der Waals surface area contributed by atoms with Crippen LogP contribution in [0, 0.1) is 5.41 Å². The topological polar surface area (TPSA) is 138 Å². The fraction of sp³-hybridized carbons (Fsp3) is 0.583. The molecule has 190 valence electrons. The molecule has 0 spiro atoms. The highest BCUT2D eigenvalue weighted by atomic mass is 16.6. The molecule has 3 N–H and O–H groups in total. The number of alkyl carbamates (subject to hydrolysis) is 1. The summed E-state index contributed by atoms with van der Waals surface area (Å²) >= 11 is 0. The van der Waals surface area contributed by atoms with Crippen LogP contribution in [-0.4, -0.2) is 57.1 Å². The summed E-state index contributed by atoms with van der Waals surface area (Å²) in [4.78, 5) is 37.0. The number of hydrogen-bond acceptors (Lipinski definition) is 8. The average Bonchev–Trinajstić information content (AvgIpc) is 2.62. The highest BCUT2D eigenvalue weighted by Gasteiger charge is 2.29. The predicted molar refractivity (Wildman–Crippen MR) is 126 cm³/mol. The molecule has 1 aromatic carbocycles. The van der Waals surface area contributed by atoms with Crippen LogP contribution < -0.4 is 5.32 Å². The summed E-state index contributed by atoms with van der Waals surface area (Å²) in [5.74, 6) is -1.10. The number of carbonyl (C=O) groups is 3. The van der Waals surface area contributed by atoms with Gasteiger partial charge in [-0.1, -0.05) is 24.3 Å². The molecule has 0 fully saturated rings. The first-order valence-corrected chi connectivity index (χ1v) is 10.9. The van der Waals surface area contributed by atoms with Crippen LogP contribution in [0.15, 0.2) is 24.3 Å². The maximum atomic E-state index is 12.7. The third-order valence-corrected chi connectivity index (χ3v) is 3.83. The SMILES string of the molecule is CC(C)(C)OC(=O)N[C@@H](Cc1ccc(C(=N)N(O)C(=O)OC(C)(C)C)cc1)C(=O)OC(C)(C)C. The molecule has 2 amide bonds. The minimum absolute atomic E-state index is 0.0939. The summed E-state index contributed by atoms with van der Waals surface area (Å²) in [6.07, 6.45) is -1.74. The van der Waals surface area contributed by atoms with E-state index >= 15 is 0 Å². The highest BCUT2D eigenvalue weighted by molar-refractivity contribution is 6.03. The van der Waals surface area contributed by atoms with E-state index in [1.165, 1.54) is 12.1 Å². The maximum absolute atomic E-state index is 12.7. The number of ether oxygens (including phenoxy) is 3. The molecule has 0 heterocycles. The first-order chi connectivity index (χ1) is 15.3. The second kappa shape index (κ2) is 10.9. The van der Waals surface area contributed by atoms with Crippen molar-refractivity contribution >= 4 is 24.0 Å². The lowest BCUT2D eigenvalue weighted by Crippen LogP contribution is -2.47. The number of amidine groups is 1. The number of nitrogens with zero attached hydrogens (tertiary/aromatic N) is 1. The predicted octanol–water partition coefficient (Wildman–Crippen LogP) is 4.42. The number of benzene rings is 1. The Hall–Kier alpha value is -3.14. The molecule has 0 aliphatic carbocycles. The van der Waals surface area contributed by atoms with Gasteiger partial charge in [-0.25, -0.2) is 14.4 Å². The lowest BCUT2D eigenvalue weighted by molar-refractivity contribution is -0.157. The third-order valence-electron chi connectivity index (χ3n) is 3.83. The van der Waals surface area contributed by atoms with Crippen molar-refractivity contribution in [2.24, 2.45) is 0 Å². The van der Waals surface area contributed by atoms with Gasteiger partial charge in [-0.15, -0.1) is 5.06 Å². The van der Waals surface area contributed by atoms with Gasteiger partial charge in [-0.05, 0) is 67.9 Å². The average molecular weight is 480 g/mol. The maximum Gasteiger partial charge on any atom is 0.440 e. The number of rotatable bonds is 5. The van der Waals surface area contributed by atoms with Gasteiger partial charge in [-0.3, -0.25) is 10.6 Å². The van der Waals surface area contributed by atoms with Gasteiger partial charge in [0.05, 0.1) is 0 Å². The van der Waals surface area contributed by atoms with Gasteiger partial charge >= 0.3 is 18.2 Å². The van der Waals surface area contributed by atoms with Crippen LogP contribution in [0.3, 0.4) is 0 Å². The second-order valence-electron chi connectivity index (χ2n) is 10.8. The van der Waals surface area contributed by atoms with E-state index in [2.05, 4.69) is 5.32 Å². The molecule has 10 nitrogen and oxygen atoms in total. The molecule has 0 radical (unpaired) electrons. The molecule has 0 bridgehead atoms. The number of esters is 1. The fourth-order valence-electron chi connectivity index (χ4n) is 2.57. The van der Waals surface area contributed by atoms with Crippen molar-refractivity contribution in [1.29, 1.82) is 5.41 Å². The van der Waals surface area contributed by atoms with Crippen LogP contribution in [0.1, 0.15) is 73.4 Å². The molecule has 0 aliphatic heterocycles. The Morgan fingerprint density at radius 1 is 0.882 bits per heavy atom. The Morgan fingerprint density at radius 2 is 1.35 bits per heavy atom. The molecule has 34 heavy (non-hydrogen) atoms. The molecule has 0 saturated carbocycles. The molecular weight excluding hydrogens is 442 g/mol. The lowest BCUT2D eigenvalue weighted by Gasteiger charge is -2.26. The van der Waals surface area contributed by atoms with Crippen LogP contribution in [0.5, 0.6) is 0 Å². The molecule has 0 saturated heterocycles. The minimum atomic E-state index is -1.08. The van der Waals surface area contributed by atoms with Gasteiger partial charge in [0.15, 0.2) is 5.84 Å². The summed E-state index contributed by atoms with van der Waals surface area (Å²) in [5, 5.41) is 20.7. The normalized spacial score (nSPS) is 12.9. The molecule has 0 aliphatic rings. The quantitative estimate of drug-likeness (QED) is 0.142. The van der Waals surface area contributed by atoms with Gasteiger partial charge in [-0.2, -0.15) is 0 Å². The molecule has 1 aromatic rings. The minimum Gasteiger partial charge on any atom is -0.458 e. The number of carbonyl (C=O) groups excluding carboxylic acids is 3. The van der Waals surface area contributed by atoms with E-state index in [1.807, 2.05) is 0 Å². The largest absolute Gasteiger partial charge is 0.458 e. The van der Waals surface area contributed by atoms with Gasteiger partial charge < -0.3 is 19.5 Å². The van der Waals surface area contributed by atoms with Crippen molar-refractivity contribution in [1.82, 2.24) is 10.4 Å². The number of nitrogens with one attached hydrogen (secondary N) is 2. The molecule has 0 aromatic heterocycles. The van der Waals surface area contributed by atoms with Crippen LogP contribution in [0.25, 0.3) is 0 Å². The number of amides is 2. The Bertz CT molecular complexity index is 891. The standard InChI is InChI=1S/C24H37N3O7/c1-22(2,3)32-19(28)17(26-20(29)33-23(4,5)6)14-15-10-12-16(13-11-15)18(25)27(31)21(30)34-24(7,8)9/h10-13,17,25,31H,14H2,1-9H3,(H,26,29)/t17-/m0/s1. The highest BCUT2D eigenvalue weighted by Crippen LogP contribution is 2.16. The van der Waals surface area contributed by atoms with E-state index in [4.69, 9.17) is 19.6 Å². The second-order valence-corrected chi connectivity index (χ2v) is 10.8. The van der Waals surface area contributed by atoms with Gasteiger partial charge in [0.2, 0.25) is 0 Å². The van der Waals surface area contributed by atoms with Gasteiger partial charge in [0.1, 0.15) is 22.8 Å². The van der Waals surface area contributed by atoms with Crippen LogP contribution >= 0.6 is 0 Å². The summed E-state index contributed by atoms with van der Waals surface area (Å²) in [6.45, 7) is 15.2. The summed E-state index contributed by atoms with van der Waals surface area (Å²) < 4.78 is 15.7. The van der Waals surface area contributed by atoms with Crippen molar-refractivity contribution < 1.29 is 33.8 Å². The smallest absolute Gasteiger partial charge is 0.440 e. The lowest BCUT2D eigenvalue weighted by atomic mass is 10.0. The number of hydrogen-bond donors (Lipinski definition) is 3. The van der Waals surface area contributed by atoms with Crippen LogP contribution in [-0.2, 0) is 25.4 Å². The zero-order valence-electron chi connectivity index (χ0n) is 21.4. The molecule has 1 rings (SSSR count). The first kappa shape index (κ1) is 28.9. The van der Waals surface area contributed by atoms with Gasteiger partial charge in [0, 0.05) is 12.0 Å². The monoisotopic (exact) mass is 479 g/mol. The summed E-state index contributed by atoms with van der Waals surface area (Å²) in [5.41, 5.74) is -1.44. The van der Waals surface area contributed by atoms with E-state index in [1.54, 1.807) is 74.4 Å². The summed E-state index contributed by atoms with van der Waals surface area (Å²) in [6, 6.07) is 5.22. The van der Waals surface area contributed by atoms with Crippen molar-refractivity contribution in [2.75, 3.05) is 0 Å². The molecule has 0 unspecified atom stereocenters. The van der Waals surface area contributed by atoms with Crippen molar-refractivity contribution in [3.8, 4) is 0 Å². The third kappa shape index (κ3) is 10.7. The van der Waals surface area contributed by atoms with Crippen molar-refractivity contribution in [2.45, 2.75) is 91.6 Å². The Morgan fingerprint density at radius 3 is 1.79 bits per heavy atom. The first-order valence-electron chi connectivity index (χ1n) is 10.9. The Kier molecular flexibility index (Phi) is 9.23. The van der Waals surface area contributed by atoms with Crippen molar-refractivity contribution in [3.63, 3.8) is 0 Å². The van der Waals surface area contributed by atoms with E-state index in [0.717, 1.165) is 0 Å².